The van der Waals surface area contributed by atoms with Gasteiger partial charge in [0, 0.05) is 17.7 Å². The van der Waals surface area contributed by atoms with Gasteiger partial charge in [-0.2, -0.15) is 0 Å². The third-order valence-corrected chi connectivity index (χ3v) is 7.37. The molecule has 0 N–H and O–H groups in total. The van der Waals surface area contributed by atoms with E-state index in [2.05, 4.69) is 79.9 Å². The molecule has 2 aromatic carbocycles. The minimum absolute atomic E-state index is 0.242. The van der Waals surface area contributed by atoms with E-state index < -0.39 is 0 Å². The number of aryl methyl sites for hydroxylation is 2. The maximum absolute atomic E-state index is 11.1. The van der Waals surface area contributed by atoms with Crippen molar-refractivity contribution in [3.05, 3.63) is 88.2 Å². The van der Waals surface area contributed by atoms with Crippen LogP contribution in [0.5, 0.6) is 5.75 Å². The molecule has 0 radical (unpaired) electrons. The third-order valence-electron chi connectivity index (χ3n) is 7.37. The number of imidazole rings is 1. The molecule has 6 rings (SSSR count). The number of ether oxygens (including phenoxy) is 1. The number of benzene rings is 2. The highest BCUT2D eigenvalue weighted by atomic mass is 16.5. The molecule has 0 saturated heterocycles. The summed E-state index contributed by atoms with van der Waals surface area (Å²) in [6.07, 6.45) is 4.24. The van der Waals surface area contributed by atoms with Crippen LogP contribution in [0.1, 0.15) is 39.4 Å². The Kier molecular flexibility index (Phi) is 4.26. The zero-order chi connectivity index (χ0) is 22.0. The smallest absolute Gasteiger partial charge is 0.137 e. The molecule has 0 bridgehead atoms. The van der Waals surface area contributed by atoms with Crippen molar-refractivity contribution in [2.24, 2.45) is 11.8 Å². The average Bonchev–Trinajstić information content (AvgIpc) is 3.18. The second-order valence-electron chi connectivity index (χ2n) is 9.32. The molecule has 2 aromatic heterocycles. The first-order valence-corrected chi connectivity index (χ1v) is 11.3. The minimum atomic E-state index is 0.242. The van der Waals surface area contributed by atoms with Gasteiger partial charge < -0.3 is 9.53 Å². The van der Waals surface area contributed by atoms with Gasteiger partial charge in [0.15, 0.2) is 0 Å². The second-order valence-corrected chi connectivity index (χ2v) is 9.32. The van der Waals surface area contributed by atoms with E-state index in [1.165, 1.54) is 33.4 Å². The summed E-state index contributed by atoms with van der Waals surface area (Å²) < 4.78 is 8.39. The molecule has 2 aliphatic carbocycles. The summed E-state index contributed by atoms with van der Waals surface area (Å²) in [7, 11) is 0. The fraction of sp³-hybridized carbons (Fsp3) is 0.286. The van der Waals surface area contributed by atoms with Gasteiger partial charge in [-0.1, -0.05) is 24.3 Å². The van der Waals surface area contributed by atoms with Crippen molar-refractivity contribution in [1.82, 2.24) is 9.38 Å². The topological polar surface area (TPSA) is 43.6 Å². The van der Waals surface area contributed by atoms with E-state index in [0.29, 0.717) is 18.4 Å². The van der Waals surface area contributed by atoms with E-state index in [0.717, 1.165) is 35.5 Å². The molecule has 3 atom stereocenters. The van der Waals surface area contributed by atoms with Crippen molar-refractivity contribution in [1.29, 1.82) is 0 Å². The van der Waals surface area contributed by atoms with Gasteiger partial charge in [-0.05, 0) is 91.1 Å². The van der Waals surface area contributed by atoms with Crippen molar-refractivity contribution in [3.8, 4) is 17.0 Å². The lowest BCUT2D eigenvalue weighted by atomic mass is 9.99. The summed E-state index contributed by atoms with van der Waals surface area (Å²) in [4.78, 5) is 15.9. The number of carbonyl (C=O) groups excluding carboxylic acids is 1. The van der Waals surface area contributed by atoms with Gasteiger partial charge in [0.2, 0.25) is 0 Å². The van der Waals surface area contributed by atoms with E-state index in [-0.39, 0.29) is 5.92 Å². The van der Waals surface area contributed by atoms with E-state index in [4.69, 9.17) is 9.72 Å². The van der Waals surface area contributed by atoms with E-state index >= 15 is 0 Å². The minimum Gasteiger partial charge on any atom is -0.489 e. The first kappa shape index (κ1) is 19.3. The predicted molar refractivity (Wildman–Crippen MR) is 125 cm³/mol. The molecule has 0 unspecified atom stereocenters. The Labute approximate surface area is 187 Å². The lowest BCUT2D eigenvalue weighted by molar-refractivity contribution is -0.109. The Bertz CT molecular complexity index is 1380. The SMILES string of the molecule is Cc1ccn2c(-c3cccc(COc4ccc5c(c4)C[C@H]4[C@H](C=O)[C@@H]54)c3C)c(C)nc2c1. The molecule has 0 spiro atoms. The predicted octanol–water partition coefficient (Wildman–Crippen LogP) is 5.59. The summed E-state index contributed by atoms with van der Waals surface area (Å²) in [6, 6.07) is 17.0. The highest BCUT2D eigenvalue weighted by Gasteiger charge is 2.55. The van der Waals surface area contributed by atoms with Crippen LogP contribution in [0, 0.1) is 32.6 Å². The van der Waals surface area contributed by atoms with Gasteiger partial charge in [0.25, 0.3) is 0 Å². The number of rotatable bonds is 5. The number of hydrogen-bond acceptors (Lipinski definition) is 3. The van der Waals surface area contributed by atoms with Crippen molar-refractivity contribution in [2.45, 2.75) is 39.7 Å². The van der Waals surface area contributed by atoms with Crippen molar-refractivity contribution in [3.63, 3.8) is 0 Å². The number of aldehydes is 1. The number of fused-ring (bicyclic) bond motifs is 4. The molecule has 0 amide bonds. The molecule has 160 valence electrons. The third kappa shape index (κ3) is 2.89. The standard InChI is InChI=1S/C28H26N2O2/c1-16-9-10-30-26(11-16)29-18(3)28(30)22-6-4-5-19(17(22)2)15-32-21-7-8-23-20(12-21)13-24-25(14-31)27(23)24/h4-12,14,24-25,27H,13,15H2,1-3H3/t24-,25-,27-/m0/s1. The van der Waals surface area contributed by atoms with Gasteiger partial charge in [0.1, 0.15) is 24.3 Å². The van der Waals surface area contributed by atoms with Crippen molar-refractivity contribution in [2.75, 3.05) is 0 Å². The molecule has 2 heterocycles. The number of aromatic nitrogens is 2. The lowest BCUT2D eigenvalue weighted by Gasteiger charge is -2.14. The molecule has 4 aromatic rings. The molecule has 4 nitrogen and oxygen atoms in total. The molecule has 1 fully saturated rings. The van der Waals surface area contributed by atoms with Gasteiger partial charge in [-0.3, -0.25) is 4.40 Å². The zero-order valence-corrected chi connectivity index (χ0v) is 18.6. The second kappa shape index (κ2) is 7.06. The molecule has 1 saturated carbocycles. The first-order chi connectivity index (χ1) is 15.5. The van der Waals surface area contributed by atoms with E-state index in [9.17, 15) is 4.79 Å². The van der Waals surface area contributed by atoms with Crippen LogP contribution in [-0.2, 0) is 17.8 Å². The van der Waals surface area contributed by atoms with Crippen molar-refractivity contribution >= 4 is 11.9 Å². The quantitative estimate of drug-likeness (QED) is 0.394. The maximum atomic E-state index is 11.1. The van der Waals surface area contributed by atoms with Crippen LogP contribution in [0.15, 0.2) is 54.7 Å². The molecule has 2 aliphatic rings. The fourth-order valence-electron chi connectivity index (χ4n) is 5.56. The molecule has 0 aliphatic heterocycles. The van der Waals surface area contributed by atoms with Crippen LogP contribution >= 0.6 is 0 Å². The molecular formula is C28H26N2O2. The highest BCUT2D eigenvalue weighted by molar-refractivity contribution is 5.71. The summed E-state index contributed by atoms with van der Waals surface area (Å²) in [5.74, 6) is 2.12. The Morgan fingerprint density at radius 1 is 1.12 bits per heavy atom. The van der Waals surface area contributed by atoms with Gasteiger partial charge >= 0.3 is 0 Å². The van der Waals surface area contributed by atoms with Crippen LogP contribution in [0.2, 0.25) is 0 Å². The molecular weight excluding hydrogens is 396 g/mol. The zero-order valence-electron chi connectivity index (χ0n) is 18.6. The van der Waals surface area contributed by atoms with Crippen LogP contribution in [0.25, 0.3) is 16.9 Å². The Morgan fingerprint density at radius 2 is 2.00 bits per heavy atom. The lowest BCUT2D eigenvalue weighted by Crippen LogP contribution is -2.02. The van der Waals surface area contributed by atoms with Crippen molar-refractivity contribution < 1.29 is 9.53 Å². The Balaban J connectivity index is 1.27. The normalized spacial score (nSPS) is 20.8. The fourth-order valence-corrected chi connectivity index (χ4v) is 5.56. The Hall–Kier alpha value is -3.40. The summed E-state index contributed by atoms with van der Waals surface area (Å²) in [6.45, 7) is 6.86. The van der Waals surface area contributed by atoms with Gasteiger partial charge in [-0.25, -0.2) is 4.98 Å². The van der Waals surface area contributed by atoms with E-state index in [1.54, 1.807) is 0 Å². The monoisotopic (exact) mass is 422 g/mol. The summed E-state index contributed by atoms with van der Waals surface area (Å²) >= 11 is 0. The summed E-state index contributed by atoms with van der Waals surface area (Å²) in [5.41, 5.74) is 10.6. The number of hydrogen-bond donors (Lipinski definition) is 0. The molecule has 32 heavy (non-hydrogen) atoms. The van der Waals surface area contributed by atoms with Crippen LogP contribution in [0.3, 0.4) is 0 Å². The average molecular weight is 423 g/mol. The number of carbonyl (C=O) groups is 1. The van der Waals surface area contributed by atoms with E-state index in [1.807, 2.05) is 0 Å². The maximum Gasteiger partial charge on any atom is 0.137 e. The van der Waals surface area contributed by atoms with Crippen LogP contribution < -0.4 is 4.74 Å². The largest absolute Gasteiger partial charge is 0.489 e. The van der Waals surface area contributed by atoms with Crippen LogP contribution in [0.4, 0.5) is 0 Å². The number of pyridine rings is 1. The Morgan fingerprint density at radius 3 is 2.84 bits per heavy atom. The first-order valence-electron chi connectivity index (χ1n) is 11.3. The highest BCUT2D eigenvalue weighted by Crippen LogP contribution is 2.60. The molecule has 4 heteroatoms. The van der Waals surface area contributed by atoms with Crippen LogP contribution in [-0.4, -0.2) is 15.7 Å². The number of nitrogens with zero attached hydrogens (tertiary/aromatic N) is 2. The van der Waals surface area contributed by atoms with Gasteiger partial charge in [-0.15, -0.1) is 0 Å². The van der Waals surface area contributed by atoms with Gasteiger partial charge in [0.05, 0.1) is 11.4 Å². The summed E-state index contributed by atoms with van der Waals surface area (Å²) in [5, 5.41) is 0.